The number of pyridine rings is 1. The van der Waals surface area contributed by atoms with E-state index >= 15 is 0 Å². The lowest BCUT2D eigenvalue weighted by Crippen LogP contribution is -2.01. The Morgan fingerprint density at radius 2 is 0.981 bits per heavy atom. The summed E-state index contributed by atoms with van der Waals surface area (Å²) in [6.45, 7) is 0. The molecule has 4 aromatic heterocycles. The molecule has 0 radical (unpaired) electrons. The molecule has 6 heteroatoms. The minimum Gasteiger partial charge on any atom is -0.456 e. The summed E-state index contributed by atoms with van der Waals surface area (Å²) in [6, 6.07) is 51.8. The number of benzene rings is 7. The Morgan fingerprint density at radius 1 is 0.365 bits per heavy atom. The minimum absolute atomic E-state index is 0.583. The molecule has 0 amide bonds. The molecule has 6 nitrogen and oxygen atoms in total. The van der Waals surface area contributed by atoms with E-state index in [-0.39, 0.29) is 0 Å². The molecule has 0 aliphatic heterocycles. The second kappa shape index (κ2) is 11.2. The van der Waals surface area contributed by atoms with Gasteiger partial charge in [-0.15, -0.1) is 0 Å². The van der Waals surface area contributed by atoms with Crippen molar-refractivity contribution in [3.63, 3.8) is 0 Å². The average Bonchev–Trinajstić information content (AvgIpc) is 3.79. The molecular formula is C46H26N4O2. The molecule has 0 bridgehead atoms. The van der Waals surface area contributed by atoms with E-state index in [0.29, 0.717) is 23.2 Å². The first kappa shape index (κ1) is 28.6. The van der Waals surface area contributed by atoms with Crippen LogP contribution < -0.4 is 0 Å². The summed E-state index contributed by atoms with van der Waals surface area (Å²) in [4.78, 5) is 20.2. The highest BCUT2D eigenvalue weighted by Gasteiger charge is 2.21. The van der Waals surface area contributed by atoms with Gasteiger partial charge in [-0.3, -0.25) is 0 Å². The SMILES string of the molecule is c1ccc2cc(-c3nc(-c4ccc(-c5ccnc6oc7ccccc7c56)c5ccccc45)nc(-c4cccc5oc6ccccc6c45)n3)ccc2c1. The van der Waals surface area contributed by atoms with E-state index in [1.165, 1.54) is 0 Å². The Bertz CT molecular complexity index is 3210. The summed E-state index contributed by atoms with van der Waals surface area (Å²) in [7, 11) is 0. The highest BCUT2D eigenvalue weighted by molar-refractivity contribution is 6.16. The van der Waals surface area contributed by atoms with Crippen LogP contribution in [0.3, 0.4) is 0 Å². The van der Waals surface area contributed by atoms with Crippen LogP contribution in [0.1, 0.15) is 0 Å². The molecule has 242 valence electrons. The smallest absolute Gasteiger partial charge is 0.227 e. The van der Waals surface area contributed by atoms with Crippen LogP contribution in [0.25, 0.3) is 111 Å². The van der Waals surface area contributed by atoms with E-state index in [0.717, 1.165) is 87.7 Å². The molecular weight excluding hydrogens is 641 g/mol. The fraction of sp³-hybridized carbons (Fsp3) is 0. The first-order valence-electron chi connectivity index (χ1n) is 17.2. The van der Waals surface area contributed by atoms with Gasteiger partial charge in [-0.25, -0.2) is 19.9 Å². The first-order chi connectivity index (χ1) is 25.8. The van der Waals surface area contributed by atoms with Crippen molar-refractivity contribution in [1.29, 1.82) is 0 Å². The van der Waals surface area contributed by atoms with Crippen LogP contribution in [-0.4, -0.2) is 19.9 Å². The number of para-hydroxylation sites is 2. The van der Waals surface area contributed by atoms with Crippen LogP contribution in [0, 0.1) is 0 Å². The van der Waals surface area contributed by atoms with Gasteiger partial charge in [-0.1, -0.05) is 115 Å². The molecule has 0 spiro atoms. The first-order valence-corrected chi connectivity index (χ1v) is 17.2. The molecule has 0 aliphatic rings. The van der Waals surface area contributed by atoms with Crippen molar-refractivity contribution in [3.8, 4) is 45.3 Å². The van der Waals surface area contributed by atoms with Crippen molar-refractivity contribution in [3.05, 3.63) is 158 Å². The number of nitrogens with zero attached hydrogens (tertiary/aromatic N) is 4. The van der Waals surface area contributed by atoms with Crippen molar-refractivity contribution < 1.29 is 8.83 Å². The molecule has 0 fully saturated rings. The second-order valence-corrected chi connectivity index (χ2v) is 13.0. The zero-order chi connectivity index (χ0) is 34.2. The van der Waals surface area contributed by atoms with Crippen LogP contribution in [0.2, 0.25) is 0 Å². The molecule has 0 saturated carbocycles. The zero-order valence-electron chi connectivity index (χ0n) is 27.6. The van der Waals surface area contributed by atoms with E-state index < -0.39 is 0 Å². The predicted molar refractivity (Wildman–Crippen MR) is 209 cm³/mol. The maximum Gasteiger partial charge on any atom is 0.227 e. The Hall–Kier alpha value is -7.18. The fourth-order valence-electron chi connectivity index (χ4n) is 7.64. The second-order valence-electron chi connectivity index (χ2n) is 13.0. The molecule has 0 saturated heterocycles. The van der Waals surface area contributed by atoms with Gasteiger partial charge in [-0.2, -0.15) is 0 Å². The Morgan fingerprint density at radius 3 is 1.81 bits per heavy atom. The Kier molecular flexibility index (Phi) is 6.15. The van der Waals surface area contributed by atoms with E-state index in [9.17, 15) is 0 Å². The van der Waals surface area contributed by atoms with E-state index in [2.05, 4.69) is 108 Å². The largest absolute Gasteiger partial charge is 0.456 e. The predicted octanol–water partition coefficient (Wildman–Crippen LogP) is 12.0. The summed E-state index contributed by atoms with van der Waals surface area (Å²) >= 11 is 0. The van der Waals surface area contributed by atoms with Crippen LogP contribution in [0.15, 0.2) is 167 Å². The summed E-state index contributed by atoms with van der Waals surface area (Å²) < 4.78 is 12.4. The third kappa shape index (κ3) is 4.38. The lowest BCUT2D eigenvalue weighted by atomic mass is 9.93. The van der Waals surface area contributed by atoms with Crippen molar-refractivity contribution in [2.24, 2.45) is 0 Å². The van der Waals surface area contributed by atoms with Crippen LogP contribution in [0.5, 0.6) is 0 Å². The highest BCUT2D eigenvalue weighted by atomic mass is 16.3. The van der Waals surface area contributed by atoms with Crippen molar-refractivity contribution >= 4 is 65.6 Å². The Labute approximate surface area is 296 Å². The number of aromatic nitrogens is 4. The fourth-order valence-corrected chi connectivity index (χ4v) is 7.64. The van der Waals surface area contributed by atoms with Gasteiger partial charge < -0.3 is 8.83 Å². The maximum atomic E-state index is 6.27. The van der Waals surface area contributed by atoms with Crippen molar-refractivity contribution in [2.45, 2.75) is 0 Å². The molecule has 11 aromatic rings. The van der Waals surface area contributed by atoms with Gasteiger partial charge in [0, 0.05) is 39.0 Å². The summed E-state index contributed by atoms with van der Waals surface area (Å²) in [6.07, 6.45) is 1.82. The van der Waals surface area contributed by atoms with E-state index in [1.807, 2.05) is 54.7 Å². The molecule has 0 aliphatic carbocycles. The van der Waals surface area contributed by atoms with Gasteiger partial charge in [0.2, 0.25) is 5.71 Å². The molecule has 52 heavy (non-hydrogen) atoms. The van der Waals surface area contributed by atoms with Crippen LogP contribution >= 0.6 is 0 Å². The third-order valence-electron chi connectivity index (χ3n) is 10.0. The lowest BCUT2D eigenvalue weighted by molar-refractivity contribution is 0.654. The molecule has 7 aromatic carbocycles. The topological polar surface area (TPSA) is 77.8 Å². The van der Waals surface area contributed by atoms with Gasteiger partial charge >= 0.3 is 0 Å². The standard InChI is InChI=1S/C46H26N4O2/c1-2-11-28-26-29(21-20-27(28)10-1)43-48-44(50-45(49-43)37-16-9-19-40-41(37)35-14-5-7-17-38(35)51-40)34-23-22-32(30-12-3-4-13-31(30)34)33-24-25-47-46-42(33)36-15-6-8-18-39(36)52-46/h1-26H. The van der Waals surface area contributed by atoms with Crippen molar-refractivity contribution in [2.75, 3.05) is 0 Å². The quantitative estimate of drug-likeness (QED) is 0.186. The summed E-state index contributed by atoms with van der Waals surface area (Å²) in [5, 5.41) is 8.43. The molecule has 4 heterocycles. The summed E-state index contributed by atoms with van der Waals surface area (Å²) in [5.74, 6) is 1.78. The Balaban J connectivity index is 1.17. The monoisotopic (exact) mass is 666 g/mol. The highest BCUT2D eigenvalue weighted by Crippen LogP contribution is 2.42. The van der Waals surface area contributed by atoms with Gasteiger partial charge in [0.1, 0.15) is 16.7 Å². The van der Waals surface area contributed by atoms with E-state index in [4.69, 9.17) is 23.8 Å². The lowest BCUT2D eigenvalue weighted by Gasteiger charge is -2.14. The third-order valence-corrected chi connectivity index (χ3v) is 10.0. The normalized spacial score (nSPS) is 11.8. The number of hydrogen-bond acceptors (Lipinski definition) is 6. The van der Waals surface area contributed by atoms with Gasteiger partial charge in [0.05, 0.1) is 5.39 Å². The van der Waals surface area contributed by atoms with Crippen LogP contribution in [-0.2, 0) is 0 Å². The molecule has 0 N–H and O–H groups in total. The van der Waals surface area contributed by atoms with E-state index in [1.54, 1.807) is 0 Å². The number of hydrogen-bond donors (Lipinski definition) is 0. The number of furan rings is 2. The summed E-state index contributed by atoms with van der Waals surface area (Å²) in [5.41, 5.74) is 7.91. The van der Waals surface area contributed by atoms with Gasteiger partial charge in [0.15, 0.2) is 17.5 Å². The van der Waals surface area contributed by atoms with Crippen molar-refractivity contribution in [1.82, 2.24) is 19.9 Å². The zero-order valence-corrected chi connectivity index (χ0v) is 27.6. The maximum absolute atomic E-state index is 6.27. The minimum atomic E-state index is 0.583. The number of rotatable bonds is 4. The van der Waals surface area contributed by atoms with Gasteiger partial charge in [0.25, 0.3) is 0 Å². The van der Waals surface area contributed by atoms with Gasteiger partial charge in [-0.05, 0) is 69.1 Å². The number of fused-ring (bicyclic) bond motifs is 8. The molecule has 0 unspecified atom stereocenters. The van der Waals surface area contributed by atoms with Crippen LogP contribution in [0.4, 0.5) is 0 Å². The molecule has 0 atom stereocenters. The molecule has 11 rings (SSSR count). The average molecular weight is 667 g/mol.